The van der Waals surface area contributed by atoms with Crippen LogP contribution >= 0.6 is 15.9 Å². The van der Waals surface area contributed by atoms with Gasteiger partial charge in [-0.2, -0.15) is 0 Å². The number of fused-ring (bicyclic) bond motifs is 1. The molecule has 0 aliphatic heterocycles. The fourth-order valence-electron chi connectivity index (χ4n) is 2.39. The van der Waals surface area contributed by atoms with Gasteiger partial charge in [0, 0.05) is 10.0 Å². The molecule has 3 aromatic carbocycles. The molecule has 22 heavy (non-hydrogen) atoms. The van der Waals surface area contributed by atoms with Gasteiger partial charge >= 0.3 is 0 Å². The standard InChI is InChI=1S/C18H12BrFO2/c1-10-2-5-14(16(19)6-10)18(22)15-8-11-3-4-13(20)7-12(11)9-17(15)21/h2-9,21H,1H3. The number of halogens is 2. The maximum absolute atomic E-state index is 13.2. The zero-order valence-electron chi connectivity index (χ0n) is 11.7. The molecular weight excluding hydrogens is 347 g/mol. The van der Waals surface area contributed by atoms with Gasteiger partial charge in [-0.05, 0) is 59.7 Å². The molecule has 4 heteroatoms. The van der Waals surface area contributed by atoms with Gasteiger partial charge in [-0.25, -0.2) is 4.39 Å². The van der Waals surface area contributed by atoms with Crippen LogP contribution in [0.25, 0.3) is 10.8 Å². The van der Waals surface area contributed by atoms with Gasteiger partial charge in [-0.15, -0.1) is 0 Å². The molecule has 0 unspecified atom stereocenters. The highest BCUT2D eigenvalue weighted by Gasteiger charge is 2.17. The lowest BCUT2D eigenvalue weighted by atomic mass is 9.98. The largest absolute Gasteiger partial charge is 0.507 e. The normalized spacial score (nSPS) is 10.9. The second-order valence-corrected chi connectivity index (χ2v) is 6.03. The van der Waals surface area contributed by atoms with E-state index < -0.39 is 0 Å². The molecule has 3 aromatic rings. The van der Waals surface area contributed by atoms with E-state index in [1.807, 2.05) is 19.1 Å². The smallest absolute Gasteiger partial charge is 0.197 e. The number of carbonyl (C=O) groups is 1. The lowest BCUT2D eigenvalue weighted by Gasteiger charge is -2.09. The Morgan fingerprint density at radius 3 is 2.50 bits per heavy atom. The Labute approximate surface area is 135 Å². The van der Waals surface area contributed by atoms with Crippen LogP contribution < -0.4 is 0 Å². The molecule has 0 spiro atoms. The number of hydrogen-bond acceptors (Lipinski definition) is 2. The van der Waals surface area contributed by atoms with E-state index in [1.165, 1.54) is 18.2 Å². The number of aryl methyl sites for hydroxylation is 1. The monoisotopic (exact) mass is 358 g/mol. The van der Waals surface area contributed by atoms with Gasteiger partial charge in [-0.1, -0.05) is 28.1 Å². The zero-order valence-corrected chi connectivity index (χ0v) is 13.3. The molecule has 0 bridgehead atoms. The summed E-state index contributed by atoms with van der Waals surface area (Å²) in [4.78, 5) is 12.6. The molecule has 0 aliphatic rings. The summed E-state index contributed by atoms with van der Waals surface area (Å²) < 4.78 is 13.9. The number of aromatic hydroxyl groups is 1. The molecule has 3 rings (SSSR count). The van der Waals surface area contributed by atoms with Crippen LogP contribution in [0.3, 0.4) is 0 Å². The Balaban J connectivity index is 2.14. The van der Waals surface area contributed by atoms with Crippen molar-refractivity contribution < 1.29 is 14.3 Å². The molecule has 0 amide bonds. The van der Waals surface area contributed by atoms with E-state index in [-0.39, 0.29) is 22.9 Å². The van der Waals surface area contributed by atoms with Crippen LogP contribution in [0.4, 0.5) is 4.39 Å². The molecule has 0 radical (unpaired) electrons. The first-order valence-electron chi connectivity index (χ1n) is 6.69. The van der Waals surface area contributed by atoms with Gasteiger partial charge < -0.3 is 5.11 Å². The van der Waals surface area contributed by atoms with Gasteiger partial charge in [0.1, 0.15) is 11.6 Å². The SMILES string of the molecule is Cc1ccc(C(=O)c2cc3ccc(F)cc3cc2O)c(Br)c1. The maximum atomic E-state index is 13.2. The average Bonchev–Trinajstić information content (AvgIpc) is 2.45. The molecule has 0 atom stereocenters. The first-order valence-corrected chi connectivity index (χ1v) is 7.48. The second-order valence-electron chi connectivity index (χ2n) is 5.17. The van der Waals surface area contributed by atoms with Gasteiger partial charge in [-0.3, -0.25) is 4.79 Å². The molecule has 2 nitrogen and oxygen atoms in total. The zero-order chi connectivity index (χ0) is 15.9. The lowest BCUT2D eigenvalue weighted by Crippen LogP contribution is -2.03. The third-order valence-electron chi connectivity index (χ3n) is 3.53. The summed E-state index contributed by atoms with van der Waals surface area (Å²) in [5.74, 6) is -0.821. The van der Waals surface area contributed by atoms with Crippen LogP contribution in [0.15, 0.2) is 53.0 Å². The van der Waals surface area contributed by atoms with Crippen molar-refractivity contribution in [2.75, 3.05) is 0 Å². The Morgan fingerprint density at radius 1 is 1.00 bits per heavy atom. The predicted octanol–water partition coefficient (Wildman–Crippen LogP) is 4.99. The summed E-state index contributed by atoms with van der Waals surface area (Å²) in [6.45, 7) is 1.93. The fourth-order valence-corrected chi connectivity index (χ4v) is 3.06. The number of hydrogen-bond donors (Lipinski definition) is 1. The highest BCUT2D eigenvalue weighted by atomic mass is 79.9. The fraction of sp³-hybridized carbons (Fsp3) is 0.0556. The summed E-state index contributed by atoms with van der Waals surface area (Å²) in [5.41, 5.74) is 1.70. The minimum Gasteiger partial charge on any atom is -0.507 e. The van der Waals surface area contributed by atoms with E-state index in [4.69, 9.17) is 0 Å². The van der Waals surface area contributed by atoms with E-state index in [1.54, 1.807) is 18.2 Å². The molecule has 0 heterocycles. The van der Waals surface area contributed by atoms with Crippen LogP contribution in [-0.4, -0.2) is 10.9 Å². The molecular formula is C18H12BrFO2. The van der Waals surface area contributed by atoms with Gasteiger partial charge in [0.2, 0.25) is 0 Å². The quantitative estimate of drug-likeness (QED) is 0.655. The van der Waals surface area contributed by atoms with Crippen molar-refractivity contribution >= 4 is 32.5 Å². The summed E-state index contributed by atoms with van der Waals surface area (Å²) in [6.07, 6.45) is 0. The summed E-state index contributed by atoms with van der Waals surface area (Å²) >= 11 is 3.38. The van der Waals surface area contributed by atoms with E-state index in [2.05, 4.69) is 15.9 Å². The maximum Gasteiger partial charge on any atom is 0.197 e. The lowest BCUT2D eigenvalue weighted by molar-refractivity contribution is 0.103. The Kier molecular flexibility index (Phi) is 3.71. The van der Waals surface area contributed by atoms with Crippen molar-refractivity contribution in [3.05, 3.63) is 75.5 Å². The molecule has 1 N–H and O–H groups in total. The van der Waals surface area contributed by atoms with E-state index in [9.17, 15) is 14.3 Å². The number of phenolic OH excluding ortho intramolecular Hbond substituents is 1. The van der Waals surface area contributed by atoms with Crippen molar-refractivity contribution in [2.24, 2.45) is 0 Å². The minimum atomic E-state index is -0.382. The Hall–Kier alpha value is -2.20. The van der Waals surface area contributed by atoms with Crippen LogP contribution in [-0.2, 0) is 0 Å². The average molecular weight is 359 g/mol. The first kappa shape index (κ1) is 14.7. The minimum absolute atomic E-state index is 0.157. The van der Waals surface area contributed by atoms with Crippen molar-refractivity contribution in [3.8, 4) is 5.75 Å². The molecule has 0 saturated heterocycles. The summed E-state index contributed by atoms with van der Waals surface area (Å²) in [7, 11) is 0. The van der Waals surface area contributed by atoms with Gasteiger partial charge in [0.25, 0.3) is 0 Å². The van der Waals surface area contributed by atoms with Crippen molar-refractivity contribution in [3.63, 3.8) is 0 Å². The number of ketones is 1. The Morgan fingerprint density at radius 2 is 1.77 bits per heavy atom. The van der Waals surface area contributed by atoms with E-state index >= 15 is 0 Å². The third-order valence-corrected chi connectivity index (χ3v) is 4.19. The van der Waals surface area contributed by atoms with Crippen molar-refractivity contribution in [2.45, 2.75) is 6.92 Å². The first-order chi connectivity index (χ1) is 10.5. The van der Waals surface area contributed by atoms with Crippen LogP contribution in [0.5, 0.6) is 5.75 Å². The molecule has 0 saturated carbocycles. The van der Waals surface area contributed by atoms with Crippen LogP contribution in [0.2, 0.25) is 0 Å². The Bertz CT molecular complexity index is 903. The molecule has 110 valence electrons. The molecule has 0 fully saturated rings. The van der Waals surface area contributed by atoms with E-state index in [0.29, 0.717) is 20.8 Å². The number of phenols is 1. The van der Waals surface area contributed by atoms with Crippen molar-refractivity contribution in [1.82, 2.24) is 0 Å². The summed E-state index contributed by atoms with van der Waals surface area (Å²) in [6, 6.07) is 12.6. The molecule has 0 aromatic heterocycles. The van der Waals surface area contributed by atoms with Gasteiger partial charge in [0.15, 0.2) is 5.78 Å². The number of rotatable bonds is 2. The van der Waals surface area contributed by atoms with Crippen molar-refractivity contribution in [1.29, 1.82) is 0 Å². The predicted molar refractivity (Wildman–Crippen MR) is 87.9 cm³/mol. The van der Waals surface area contributed by atoms with Gasteiger partial charge in [0.05, 0.1) is 5.56 Å². The van der Waals surface area contributed by atoms with Crippen LogP contribution in [0, 0.1) is 12.7 Å². The van der Waals surface area contributed by atoms with Crippen LogP contribution in [0.1, 0.15) is 21.5 Å². The second kappa shape index (κ2) is 5.54. The number of benzene rings is 3. The highest BCUT2D eigenvalue weighted by Crippen LogP contribution is 2.30. The molecule has 0 aliphatic carbocycles. The third kappa shape index (κ3) is 2.62. The summed E-state index contributed by atoms with van der Waals surface area (Å²) in [5, 5.41) is 11.4. The number of carbonyl (C=O) groups excluding carboxylic acids is 1. The van der Waals surface area contributed by atoms with E-state index in [0.717, 1.165) is 5.56 Å². The topological polar surface area (TPSA) is 37.3 Å². The highest BCUT2D eigenvalue weighted by molar-refractivity contribution is 9.10.